The average Bonchev–Trinajstić information content (AvgIpc) is 2.60. The zero-order valence-electron chi connectivity index (χ0n) is 15.8. The fourth-order valence-corrected chi connectivity index (χ4v) is 3.09. The average molecular weight is 346 g/mol. The first-order chi connectivity index (χ1) is 11.9. The Balaban J connectivity index is 2.07. The van der Waals surface area contributed by atoms with Crippen LogP contribution < -0.4 is 0 Å². The fourth-order valence-electron chi connectivity index (χ4n) is 3.09. The van der Waals surface area contributed by atoms with Gasteiger partial charge in [-0.1, -0.05) is 38.5 Å². The van der Waals surface area contributed by atoms with E-state index in [1.807, 2.05) is 47.9 Å². The summed E-state index contributed by atoms with van der Waals surface area (Å²) >= 11 is 0. The number of hydrogen-bond donors (Lipinski definition) is 0. The molecule has 1 unspecified atom stereocenters. The Kier molecular flexibility index (Phi) is 7.00. The smallest absolute Gasteiger partial charge is 0.253 e. The lowest BCUT2D eigenvalue weighted by molar-refractivity contribution is -0.138. The van der Waals surface area contributed by atoms with E-state index in [1.54, 1.807) is 0 Å². The molecule has 138 valence electrons. The number of nitrogens with zero attached hydrogens (tertiary/aromatic N) is 2. The highest BCUT2D eigenvalue weighted by Gasteiger charge is 2.27. The summed E-state index contributed by atoms with van der Waals surface area (Å²) in [7, 11) is 0. The third-order valence-electron chi connectivity index (χ3n) is 4.39. The van der Waals surface area contributed by atoms with Crippen molar-refractivity contribution in [3.05, 3.63) is 35.4 Å². The molecule has 2 rings (SSSR count). The summed E-state index contributed by atoms with van der Waals surface area (Å²) in [6.45, 7) is 11.0. The van der Waals surface area contributed by atoms with Crippen molar-refractivity contribution in [3.8, 4) is 0 Å². The van der Waals surface area contributed by atoms with E-state index in [4.69, 9.17) is 4.74 Å². The van der Waals surface area contributed by atoms with Crippen LogP contribution in [0.1, 0.15) is 43.1 Å². The number of morpholine rings is 1. The molecule has 1 aromatic carbocycles. The van der Waals surface area contributed by atoms with Crippen molar-refractivity contribution < 1.29 is 14.3 Å². The van der Waals surface area contributed by atoms with Crippen molar-refractivity contribution in [2.75, 3.05) is 32.8 Å². The SMILES string of the molecule is CCC(=O)N1CCOC(CN(CC(C)C)C(=O)c2ccc(C)cc2)C1. The van der Waals surface area contributed by atoms with Gasteiger partial charge < -0.3 is 14.5 Å². The Bertz CT molecular complexity index is 583. The first-order valence-electron chi connectivity index (χ1n) is 9.16. The van der Waals surface area contributed by atoms with Crippen LogP contribution in [0.3, 0.4) is 0 Å². The van der Waals surface area contributed by atoms with Gasteiger partial charge in [0.05, 0.1) is 12.7 Å². The summed E-state index contributed by atoms with van der Waals surface area (Å²) in [5, 5.41) is 0. The molecule has 1 heterocycles. The molecule has 2 amide bonds. The molecule has 1 aromatic rings. The minimum atomic E-state index is -0.127. The van der Waals surface area contributed by atoms with Crippen LogP contribution in [0.4, 0.5) is 0 Å². The highest BCUT2D eigenvalue weighted by atomic mass is 16.5. The second-order valence-electron chi connectivity index (χ2n) is 7.16. The van der Waals surface area contributed by atoms with Crippen molar-refractivity contribution >= 4 is 11.8 Å². The molecule has 0 aliphatic carbocycles. The minimum Gasteiger partial charge on any atom is -0.373 e. The van der Waals surface area contributed by atoms with Crippen molar-refractivity contribution in [3.63, 3.8) is 0 Å². The number of carbonyl (C=O) groups excluding carboxylic acids is 2. The third kappa shape index (κ3) is 5.56. The van der Waals surface area contributed by atoms with Crippen LogP contribution in [-0.2, 0) is 9.53 Å². The molecule has 1 aliphatic rings. The number of ether oxygens (including phenoxy) is 1. The summed E-state index contributed by atoms with van der Waals surface area (Å²) in [6, 6.07) is 7.67. The van der Waals surface area contributed by atoms with E-state index < -0.39 is 0 Å². The summed E-state index contributed by atoms with van der Waals surface area (Å²) in [6.07, 6.45) is 0.377. The number of benzene rings is 1. The molecular formula is C20H30N2O3. The van der Waals surface area contributed by atoms with Crippen molar-refractivity contribution in [1.29, 1.82) is 0 Å². The van der Waals surface area contributed by atoms with E-state index in [9.17, 15) is 9.59 Å². The fraction of sp³-hybridized carbons (Fsp3) is 0.600. The standard InChI is InChI=1S/C20H30N2O3/c1-5-19(23)21-10-11-25-18(13-21)14-22(12-15(2)3)20(24)17-8-6-16(4)7-9-17/h6-9,15,18H,5,10-14H2,1-4H3. The van der Waals surface area contributed by atoms with E-state index >= 15 is 0 Å². The third-order valence-corrected chi connectivity index (χ3v) is 4.39. The number of carbonyl (C=O) groups is 2. The molecule has 0 bridgehead atoms. The van der Waals surface area contributed by atoms with Crippen molar-refractivity contribution in [1.82, 2.24) is 9.80 Å². The van der Waals surface area contributed by atoms with Crippen LogP contribution in [-0.4, -0.2) is 60.5 Å². The Morgan fingerprint density at radius 3 is 2.56 bits per heavy atom. The van der Waals surface area contributed by atoms with Gasteiger partial charge >= 0.3 is 0 Å². The van der Waals surface area contributed by atoms with Gasteiger partial charge in [0.1, 0.15) is 0 Å². The van der Waals surface area contributed by atoms with Gasteiger partial charge in [-0.05, 0) is 25.0 Å². The second kappa shape index (κ2) is 8.99. The molecule has 0 saturated carbocycles. The van der Waals surface area contributed by atoms with Gasteiger partial charge in [0, 0.05) is 38.2 Å². The lowest BCUT2D eigenvalue weighted by Crippen LogP contribution is -2.51. The molecule has 5 heteroatoms. The monoisotopic (exact) mass is 346 g/mol. The van der Waals surface area contributed by atoms with Gasteiger partial charge in [0.25, 0.3) is 5.91 Å². The molecule has 5 nitrogen and oxygen atoms in total. The Morgan fingerprint density at radius 1 is 1.28 bits per heavy atom. The predicted octanol–water partition coefficient (Wildman–Crippen LogP) is 2.73. The molecule has 1 atom stereocenters. The van der Waals surface area contributed by atoms with Crippen molar-refractivity contribution in [2.24, 2.45) is 5.92 Å². The summed E-state index contributed by atoms with van der Waals surface area (Å²) in [4.78, 5) is 28.6. The maximum Gasteiger partial charge on any atom is 0.253 e. The maximum absolute atomic E-state index is 12.9. The van der Waals surface area contributed by atoms with Crippen LogP contribution in [0.25, 0.3) is 0 Å². The van der Waals surface area contributed by atoms with Gasteiger partial charge in [-0.3, -0.25) is 9.59 Å². The molecule has 0 aromatic heterocycles. The molecule has 1 aliphatic heterocycles. The Labute approximate surface area is 150 Å². The van der Waals surface area contributed by atoms with Gasteiger partial charge in [-0.25, -0.2) is 0 Å². The highest BCUT2D eigenvalue weighted by Crippen LogP contribution is 2.14. The largest absolute Gasteiger partial charge is 0.373 e. The summed E-state index contributed by atoms with van der Waals surface area (Å²) < 4.78 is 5.83. The summed E-state index contributed by atoms with van der Waals surface area (Å²) in [5.74, 6) is 0.538. The molecular weight excluding hydrogens is 316 g/mol. The molecule has 1 fully saturated rings. The summed E-state index contributed by atoms with van der Waals surface area (Å²) in [5.41, 5.74) is 1.83. The number of rotatable bonds is 6. The first-order valence-corrected chi connectivity index (χ1v) is 9.16. The highest BCUT2D eigenvalue weighted by molar-refractivity contribution is 5.94. The Morgan fingerprint density at radius 2 is 1.96 bits per heavy atom. The lowest BCUT2D eigenvalue weighted by atomic mass is 10.1. The molecule has 1 saturated heterocycles. The van der Waals surface area contributed by atoms with Gasteiger partial charge in [-0.15, -0.1) is 0 Å². The topological polar surface area (TPSA) is 49.9 Å². The molecule has 25 heavy (non-hydrogen) atoms. The van der Waals surface area contributed by atoms with Crippen LogP contribution in [0.2, 0.25) is 0 Å². The molecule has 0 spiro atoms. The Hall–Kier alpha value is -1.88. The predicted molar refractivity (Wildman–Crippen MR) is 98.5 cm³/mol. The van der Waals surface area contributed by atoms with Gasteiger partial charge in [0.15, 0.2) is 0 Å². The maximum atomic E-state index is 12.9. The van der Waals surface area contributed by atoms with Crippen LogP contribution in [0.15, 0.2) is 24.3 Å². The lowest BCUT2D eigenvalue weighted by Gasteiger charge is -2.36. The van der Waals surface area contributed by atoms with Crippen LogP contribution >= 0.6 is 0 Å². The molecule has 0 N–H and O–H groups in total. The van der Waals surface area contributed by atoms with Crippen molar-refractivity contribution in [2.45, 2.75) is 40.2 Å². The number of hydrogen-bond acceptors (Lipinski definition) is 3. The van der Waals surface area contributed by atoms with Crippen LogP contribution in [0, 0.1) is 12.8 Å². The van der Waals surface area contributed by atoms with E-state index in [0.29, 0.717) is 50.7 Å². The number of aryl methyl sites for hydroxylation is 1. The second-order valence-corrected chi connectivity index (χ2v) is 7.16. The van der Waals surface area contributed by atoms with Crippen LogP contribution in [0.5, 0.6) is 0 Å². The van der Waals surface area contributed by atoms with Gasteiger partial charge in [-0.2, -0.15) is 0 Å². The van der Waals surface area contributed by atoms with E-state index in [2.05, 4.69) is 13.8 Å². The minimum absolute atomic E-state index is 0.0243. The normalized spacial score (nSPS) is 17.6. The zero-order valence-corrected chi connectivity index (χ0v) is 15.8. The van der Waals surface area contributed by atoms with E-state index in [-0.39, 0.29) is 17.9 Å². The van der Waals surface area contributed by atoms with E-state index in [1.165, 1.54) is 0 Å². The quantitative estimate of drug-likeness (QED) is 0.796. The first kappa shape index (κ1) is 19.4. The zero-order chi connectivity index (χ0) is 18.4. The van der Waals surface area contributed by atoms with E-state index in [0.717, 1.165) is 5.56 Å². The van der Waals surface area contributed by atoms with Gasteiger partial charge in [0.2, 0.25) is 5.91 Å². The number of amides is 2. The molecule has 0 radical (unpaired) electrons.